The molecule has 2 aliphatic carbocycles. The molecule has 0 aliphatic heterocycles. The molecule has 0 spiro atoms. The Morgan fingerprint density at radius 2 is 2.31 bits per heavy atom. The zero-order valence-corrected chi connectivity index (χ0v) is 10.8. The second-order valence-corrected chi connectivity index (χ2v) is 7.97. The predicted octanol–water partition coefficient (Wildman–Crippen LogP) is 2.10. The third-order valence-electron chi connectivity index (χ3n) is 4.01. The molecule has 5 heteroatoms. The molecular formula is C11H15NO2S2. The van der Waals surface area contributed by atoms with E-state index in [9.17, 15) is 8.42 Å². The van der Waals surface area contributed by atoms with E-state index in [1.165, 1.54) is 48.9 Å². The lowest BCUT2D eigenvalue weighted by molar-refractivity contribution is 0.590. The molecule has 16 heavy (non-hydrogen) atoms. The van der Waals surface area contributed by atoms with Gasteiger partial charge in [-0.15, -0.1) is 11.3 Å². The quantitative estimate of drug-likeness (QED) is 0.901. The number of sulfonamides is 1. The monoisotopic (exact) mass is 257 g/mol. The van der Waals surface area contributed by atoms with Gasteiger partial charge in [0.1, 0.15) is 4.21 Å². The third kappa shape index (κ3) is 1.38. The Balaban J connectivity index is 1.95. The molecule has 1 aromatic rings. The van der Waals surface area contributed by atoms with Crippen LogP contribution in [0.1, 0.15) is 30.6 Å². The molecule has 2 aliphatic rings. The second-order valence-electron chi connectivity index (χ2n) is 4.78. The minimum atomic E-state index is -3.25. The maximum Gasteiger partial charge on any atom is 0.249 e. The van der Waals surface area contributed by atoms with E-state index < -0.39 is 10.0 Å². The Hall–Kier alpha value is -0.390. The molecule has 0 bridgehead atoms. The topological polar surface area (TPSA) is 46.2 Å². The molecule has 1 aromatic heterocycles. The number of nitrogens with one attached hydrogen (secondary N) is 1. The molecule has 2 atom stereocenters. The van der Waals surface area contributed by atoms with Gasteiger partial charge >= 0.3 is 0 Å². The average Bonchev–Trinajstić information content (AvgIpc) is 2.74. The number of hydrogen-bond donors (Lipinski definition) is 1. The number of rotatable bonds is 3. The van der Waals surface area contributed by atoms with Gasteiger partial charge in [0.15, 0.2) is 0 Å². The average molecular weight is 257 g/mol. The van der Waals surface area contributed by atoms with Crippen LogP contribution >= 0.6 is 11.3 Å². The first kappa shape index (κ1) is 10.7. The Morgan fingerprint density at radius 3 is 2.88 bits per heavy atom. The largest absolute Gasteiger partial charge is 0.249 e. The van der Waals surface area contributed by atoms with Gasteiger partial charge < -0.3 is 0 Å². The maximum atomic E-state index is 11.6. The Morgan fingerprint density at radius 1 is 1.50 bits per heavy atom. The van der Waals surface area contributed by atoms with Crippen molar-refractivity contribution in [2.24, 2.45) is 5.92 Å². The normalized spacial score (nSPS) is 32.7. The van der Waals surface area contributed by atoms with Crippen molar-refractivity contribution in [3.05, 3.63) is 17.0 Å². The van der Waals surface area contributed by atoms with Crippen molar-refractivity contribution in [3.8, 4) is 0 Å². The SMILES string of the molecule is CNS(=O)(=O)c1ccc(C23CCCC2C3)s1. The zero-order valence-electron chi connectivity index (χ0n) is 9.19. The van der Waals surface area contributed by atoms with E-state index >= 15 is 0 Å². The standard InChI is InChI=1S/C11H15NO2S2/c1-12-16(13,14)10-5-4-9(15-10)11-6-2-3-8(11)7-11/h4-5,8,12H,2-3,6-7H2,1H3. The Labute approximate surface area is 99.9 Å². The van der Waals surface area contributed by atoms with Crippen molar-refractivity contribution in [2.75, 3.05) is 7.05 Å². The zero-order chi connectivity index (χ0) is 11.4. The lowest BCUT2D eigenvalue weighted by Gasteiger charge is -2.07. The van der Waals surface area contributed by atoms with E-state index in [-0.39, 0.29) is 0 Å². The van der Waals surface area contributed by atoms with E-state index in [0.717, 1.165) is 5.92 Å². The van der Waals surface area contributed by atoms with E-state index in [4.69, 9.17) is 0 Å². The van der Waals surface area contributed by atoms with Crippen LogP contribution in [0.3, 0.4) is 0 Å². The van der Waals surface area contributed by atoms with Crippen LogP contribution in [0.15, 0.2) is 16.3 Å². The molecule has 1 N–H and O–H groups in total. The minimum Gasteiger partial charge on any atom is -0.214 e. The molecule has 88 valence electrons. The van der Waals surface area contributed by atoms with Crippen molar-refractivity contribution in [2.45, 2.75) is 35.3 Å². The van der Waals surface area contributed by atoms with E-state index in [1.807, 2.05) is 6.07 Å². The summed E-state index contributed by atoms with van der Waals surface area (Å²) >= 11 is 1.45. The van der Waals surface area contributed by atoms with Crippen LogP contribution in [-0.2, 0) is 15.4 Å². The molecule has 0 radical (unpaired) electrons. The maximum absolute atomic E-state index is 11.6. The first-order valence-corrected chi connectivity index (χ1v) is 7.92. The Kier molecular flexibility index (Phi) is 2.22. The molecular weight excluding hydrogens is 242 g/mol. The molecule has 2 unspecified atom stereocenters. The first-order valence-electron chi connectivity index (χ1n) is 5.62. The van der Waals surface area contributed by atoms with Crippen LogP contribution in [0.4, 0.5) is 0 Å². The van der Waals surface area contributed by atoms with Crippen molar-refractivity contribution in [1.29, 1.82) is 0 Å². The highest BCUT2D eigenvalue weighted by atomic mass is 32.2. The van der Waals surface area contributed by atoms with Gasteiger partial charge in [-0.25, -0.2) is 13.1 Å². The summed E-state index contributed by atoms with van der Waals surface area (Å²) in [5.41, 5.74) is 0.367. The van der Waals surface area contributed by atoms with Crippen molar-refractivity contribution in [1.82, 2.24) is 4.72 Å². The van der Waals surface area contributed by atoms with Gasteiger partial charge in [0, 0.05) is 10.3 Å². The van der Waals surface area contributed by atoms with Crippen LogP contribution in [0, 0.1) is 5.92 Å². The van der Waals surface area contributed by atoms with Gasteiger partial charge in [0.25, 0.3) is 0 Å². The van der Waals surface area contributed by atoms with Crippen molar-refractivity contribution < 1.29 is 8.42 Å². The first-order chi connectivity index (χ1) is 7.58. The van der Waals surface area contributed by atoms with Crippen LogP contribution in [0.25, 0.3) is 0 Å². The summed E-state index contributed by atoms with van der Waals surface area (Å²) in [5, 5.41) is 0. The summed E-state index contributed by atoms with van der Waals surface area (Å²) in [6.45, 7) is 0. The van der Waals surface area contributed by atoms with Crippen molar-refractivity contribution >= 4 is 21.4 Å². The van der Waals surface area contributed by atoms with Crippen molar-refractivity contribution in [3.63, 3.8) is 0 Å². The lowest BCUT2D eigenvalue weighted by atomic mass is 10.0. The Bertz CT molecular complexity index is 520. The smallest absolute Gasteiger partial charge is 0.214 e. The molecule has 2 fully saturated rings. The fourth-order valence-electron chi connectivity index (χ4n) is 2.99. The van der Waals surface area contributed by atoms with Crippen LogP contribution in [0.2, 0.25) is 0 Å². The van der Waals surface area contributed by atoms with Gasteiger partial charge in [0.2, 0.25) is 10.0 Å². The highest BCUT2D eigenvalue weighted by molar-refractivity contribution is 7.91. The van der Waals surface area contributed by atoms with Crippen LogP contribution in [-0.4, -0.2) is 15.5 Å². The molecule has 0 aromatic carbocycles. The number of thiophene rings is 1. The minimum absolute atomic E-state index is 0.367. The molecule has 0 saturated heterocycles. The highest BCUT2D eigenvalue weighted by Crippen LogP contribution is 2.65. The van der Waals surface area contributed by atoms with E-state index in [2.05, 4.69) is 4.72 Å². The van der Waals surface area contributed by atoms with E-state index in [1.54, 1.807) is 6.07 Å². The fraction of sp³-hybridized carbons (Fsp3) is 0.636. The predicted molar refractivity (Wildman–Crippen MR) is 64.2 cm³/mol. The summed E-state index contributed by atoms with van der Waals surface area (Å²) in [6, 6.07) is 3.76. The van der Waals surface area contributed by atoms with Gasteiger partial charge in [-0.3, -0.25) is 0 Å². The molecule has 3 rings (SSSR count). The second kappa shape index (κ2) is 3.31. The van der Waals surface area contributed by atoms with E-state index in [0.29, 0.717) is 9.62 Å². The van der Waals surface area contributed by atoms with Gasteiger partial charge in [-0.2, -0.15) is 0 Å². The number of fused-ring (bicyclic) bond motifs is 1. The lowest BCUT2D eigenvalue weighted by Crippen LogP contribution is -2.17. The summed E-state index contributed by atoms with van der Waals surface area (Å²) in [6.07, 6.45) is 5.15. The van der Waals surface area contributed by atoms with Gasteiger partial charge in [-0.05, 0) is 44.4 Å². The van der Waals surface area contributed by atoms with Gasteiger partial charge in [0.05, 0.1) is 0 Å². The fourth-order valence-corrected chi connectivity index (χ4v) is 5.44. The number of hydrogen-bond acceptors (Lipinski definition) is 3. The molecule has 2 saturated carbocycles. The molecule has 3 nitrogen and oxygen atoms in total. The van der Waals surface area contributed by atoms with Crippen LogP contribution in [0.5, 0.6) is 0 Å². The summed E-state index contributed by atoms with van der Waals surface area (Å²) in [5.74, 6) is 0.830. The summed E-state index contributed by atoms with van der Waals surface area (Å²) in [4.78, 5) is 1.28. The van der Waals surface area contributed by atoms with Crippen LogP contribution < -0.4 is 4.72 Å². The summed E-state index contributed by atoms with van der Waals surface area (Å²) in [7, 11) is -1.79. The molecule has 0 amide bonds. The van der Waals surface area contributed by atoms with Gasteiger partial charge in [-0.1, -0.05) is 6.42 Å². The summed E-state index contributed by atoms with van der Waals surface area (Å²) < 4.78 is 26.1. The molecule has 1 heterocycles. The highest BCUT2D eigenvalue weighted by Gasteiger charge is 2.58. The third-order valence-corrected chi connectivity index (χ3v) is 7.22.